The van der Waals surface area contributed by atoms with Gasteiger partial charge >= 0.3 is 18.4 Å². The standard InChI is InChI=1S/C18H14F6N2O2/c19-17(20,21)11-7-12(18(22,23)24)9-13(8-11)25-16(28)26-6-2-4-10-3-1-5-14(27)15(10)26/h1,3,5,7-9,27H,2,4,6H2,(H,25,28). The first kappa shape index (κ1) is 19.8. The molecule has 0 saturated heterocycles. The molecular weight excluding hydrogens is 390 g/mol. The second-order valence-corrected chi connectivity index (χ2v) is 6.26. The Labute approximate surface area is 155 Å². The van der Waals surface area contributed by atoms with Crippen molar-refractivity contribution < 1.29 is 36.2 Å². The number of aromatic hydroxyl groups is 1. The molecule has 1 heterocycles. The molecule has 2 N–H and O–H groups in total. The monoisotopic (exact) mass is 404 g/mol. The van der Waals surface area contributed by atoms with Gasteiger partial charge in [-0.3, -0.25) is 4.90 Å². The minimum atomic E-state index is -5.02. The number of para-hydroxylation sites is 1. The van der Waals surface area contributed by atoms with E-state index in [9.17, 15) is 36.2 Å². The van der Waals surface area contributed by atoms with Crippen LogP contribution in [0.25, 0.3) is 0 Å². The Hall–Kier alpha value is -2.91. The molecule has 1 aliphatic heterocycles. The molecule has 0 unspecified atom stereocenters. The molecule has 0 spiro atoms. The van der Waals surface area contributed by atoms with Gasteiger partial charge in [-0.2, -0.15) is 26.3 Å². The van der Waals surface area contributed by atoms with Gasteiger partial charge in [0, 0.05) is 12.2 Å². The first-order valence-corrected chi connectivity index (χ1v) is 8.15. The van der Waals surface area contributed by atoms with Crippen molar-refractivity contribution in [2.45, 2.75) is 25.2 Å². The van der Waals surface area contributed by atoms with E-state index in [-0.39, 0.29) is 24.0 Å². The largest absolute Gasteiger partial charge is 0.506 e. The molecule has 0 radical (unpaired) electrons. The number of benzene rings is 2. The maximum absolute atomic E-state index is 13.0. The smallest absolute Gasteiger partial charge is 0.416 e. The van der Waals surface area contributed by atoms with Crippen LogP contribution in [-0.4, -0.2) is 17.7 Å². The summed E-state index contributed by atoms with van der Waals surface area (Å²) in [5, 5.41) is 12.1. The Morgan fingerprint density at radius 3 is 2.18 bits per heavy atom. The normalized spacial score (nSPS) is 14.6. The highest BCUT2D eigenvalue weighted by molar-refractivity contribution is 6.03. The van der Waals surface area contributed by atoms with Crippen molar-refractivity contribution in [3.63, 3.8) is 0 Å². The van der Waals surface area contributed by atoms with E-state index in [1.165, 1.54) is 6.07 Å². The van der Waals surface area contributed by atoms with Gasteiger partial charge in [-0.05, 0) is 42.7 Å². The summed E-state index contributed by atoms with van der Waals surface area (Å²) in [5.41, 5.74) is -2.86. The fourth-order valence-corrected chi connectivity index (χ4v) is 3.05. The second-order valence-electron chi connectivity index (χ2n) is 6.26. The highest BCUT2D eigenvalue weighted by atomic mass is 19.4. The van der Waals surface area contributed by atoms with Gasteiger partial charge in [0.25, 0.3) is 0 Å². The number of alkyl halides is 6. The van der Waals surface area contributed by atoms with Crippen molar-refractivity contribution in [3.05, 3.63) is 53.1 Å². The highest BCUT2D eigenvalue weighted by Gasteiger charge is 2.37. The van der Waals surface area contributed by atoms with Crippen molar-refractivity contribution in [3.8, 4) is 5.75 Å². The molecule has 10 heteroatoms. The number of amides is 2. The number of carbonyl (C=O) groups is 1. The molecule has 0 atom stereocenters. The number of nitrogens with zero attached hydrogens (tertiary/aromatic N) is 1. The number of phenolic OH excluding ortho intramolecular Hbond substituents is 1. The molecule has 150 valence electrons. The maximum Gasteiger partial charge on any atom is 0.416 e. The molecule has 2 amide bonds. The van der Waals surface area contributed by atoms with Gasteiger partial charge in [0.2, 0.25) is 0 Å². The van der Waals surface area contributed by atoms with Gasteiger partial charge in [-0.15, -0.1) is 0 Å². The number of phenols is 1. The summed E-state index contributed by atoms with van der Waals surface area (Å²) in [6.45, 7) is 0.154. The fourth-order valence-electron chi connectivity index (χ4n) is 3.05. The predicted octanol–water partition coefficient (Wildman–Crippen LogP) is 5.41. The minimum absolute atomic E-state index is 0.0162. The summed E-state index contributed by atoms with van der Waals surface area (Å²) in [6, 6.07) is 4.52. The van der Waals surface area contributed by atoms with Crippen molar-refractivity contribution in [2.24, 2.45) is 0 Å². The number of urea groups is 1. The average Bonchev–Trinajstić information content (AvgIpc) is 2.59. The lowest BCUT2D eigenvalue weighted by Crippen LogP contribution is -2.38. The summed E-state index contributed by atoms with van der Waals surface area (Å²) in [7, 11) is 0. The molecule has 0 aromatic heterocycles. The quantitative estimate of drug-likeness (QED) is 0.624. The minimum Gasteiger partial charge on any atom is -0.506 e. The Morgan fingerprint density at radius 1 is 1.00 bits per heavy atom. The summed E-state index contributed by atoms with van der Waals surface area (Å²) < 4.78 is 77.7. The van der Waals surface area contributed by atoms with E-state index < -0.39 is 35.2 Å². The van der Waals surface area contributed by atoms with E-state index in [1.807, 2.05) is 0 Å². The van der Waals surface area contributed by atoms with Crippen LogP contribution in [0.5, 0.6) is 5.75 Å². The molecular formula is C18H14F6N2O2. The number of hydrogen-bond donors (Lipinski definition) is 2. The van der Waals surface area contributed by atoms with E-state index in [4.69, 9.17) is 0 Å². The molecule has 0 saturated carbocycles. The first-order valence-electron chi connectivity index (χ1n) is 8.15. The number of halogens is 6. The van der Waals surface area contributed by atoms with Crippen LogP contribution in [0.2, 0.25) is 0 Å². The van der Waals surface area contributed by atoms with Gasteiger partial charge < -0.3 is 10.4 Å². The van der Waals surface area contributed by atoms with E-state index in [1.54, 1.807) is 12.1 Å². The van der Waals surface area contributed by atoms with Crippen LogP contribution in [0.1, 0.15) is 23.1 Å². The Morgan fingerprint density at radius 2 is 1.61 bits per heavy atom. The highest BCUT2D eigenvalue weighted by Crippen LogP contribution is 2.39. The van der Waals surface area contributed by atoms with Crippen molar-refractivity contribution in [2.75, 3.05) is 16.8 Å². The molecule has 1 aliphatic rings. The number of carbonyl (C=O) groups excluding carboxylic acids is 1. The van der Waals surface area contributed by atoms with Crippen molar-refractivity contribution in [1.29, 1.82) is 0 Å². The van der Waals surface area contributed by atoms with Gasteiger partial charge in [0.05, 0.1) is 16.8 Å². The Balaban J connectivity index is 1.95. The third kappa shape index (κ3) is 4.00. The van der Waals surface area contributed by atoms with Crippen LogP contribution in [-0.2, 0) is 18.8 Å². The van der Waals surface area contributed by atoms with Crippen LogP contribution in [0.3, 0.4) is 0 Å². The summed E-state index contributed by atoms with van der Waals surface area (Å²) in [6.07, 6.45) is -8.93. The van der Waals surface area contributed by atoms with E-state index in [0.717, 1.165) is 4.90 Å². The number of anilines is 2. The van der Waals surface area contributed by atoms with Crippen molar-refractivity contribution in [1.82, 2.24) is 0 Å². The number of rotatable bonds is 1. The number of hydrogen-bond acceptors (Lipinski definition) is 2. The molecule has 0 fully saturated rings. The molecule has 28 heavy (non-hydrogen) atoms. The SMILES string of the molecule is O=C(Nc1cc(C(F)(F)F)cc(C(F)(F)F)c1)N1CCCc2cccc(O)c21. The lowest BCUT2D eigenvalue weighted by Gasteiger charge is -2.30. The molecule has 2 aromatic rings. The number of fused-ring (bicyclic) bond motifs is 1. The lowest BCUT2D eigenvalue weighted by atomic mass is 10.0. The van der Waals surface area contributed by atoms with E-state index in [0.29, 0.717) is 30.5 Å². The molecule has 0 aliphatic carbocycles. The third-order valence-electron chi connectivity index (χ3n) is 4.28. The second kappa shape index (κ2) is 6.92. The first-order chi connectivity index (χ1) is 13.0. The topological polar surface area (TPSA) is 52.6 Å². The predicted molar refractivity (Wildman–Crippen MR) is 89.2 cm³/mol. The summed E-state index contributed by atoms with van der Waals surface area (Å²) in [5.74, 6) is -0.202. The van der Waals surface area contributed by atoms with Crippen LogP contribution >= 0.6 is 0 Å². The molecule has 3 rings (SSSR count). The van der Waals surface area contributed by atoms with Crippen LogP contribution < -0.4 is 10.2 Å². The van der Waals surface area contributed by atoms with Gasteiger partial charge in [0.1, 0.15) is 5.75 Å². The fraction of sp³-hybridized carbons (Fsp3) is 0.278. The van der Waals surface area contributed by atoms with E-state index >= 15 is 0 Å². The zero-order valence-electron chi connectivity index (χ0n) is 14.2. The van der Waals surface area contributed by atoms with Crippen molar-refractivity contribution >= 4 is 17.4 Å². The molecule has 0 bridgehead atoms. The number of nitrogens with one attached hydrogen (secondary N) is 1. The zero-order valence-corrected chi connectivity index (χ0v) is 14.2. The summed E-state index contributed by atoms with van der Waals surface area (Å²) in [4.78, 5) is 13.6. The van der Waals surface area contributed by atoms with Crippen LogP contribution in [0, 0.1) is 0 Å². The Bertz CT molecular complexity index is 876. The third-order valence-corrected chi connectivity index (χ3v) is 4.28. The lowest BCUT2D eigenvalue weighted by molar-refractivity contribution is -0.143. The van der Waals surface area contributed by atoms with E-state index in [2.05, 4.69) is 5.32 Å². The average molecular weight is 404 g/mol. The van der Waals surface area contributed by atoms with Crippen LogP contribution in [0.15, 0.2) is 36.4 Å². The maximum atomic E-state index is 13.0. The van der Waals surface area contributed by atoms with Gasteiger partial charge in [-0.25, -0.2) is 4.79 Å². The molecule has 2 aromatic carbocycles. The van der Waals surface area contributed by atoms with Gasteiger partial charge in [0.15, 0.2) is 0 Å². The summed E-state index contributed by atoms with van der Waals surface area (Å²) >= 11 is 0. The molecule has 4 nitrogen and oxygen atoms in total. The zero-order chi connectivity index (χ0) is 20.7. The number of aryl methyl sites for hydroxylation is 1. The Kier molecular flexibility index (Phi) is 4.90. The van der Waals surface area contributed by atoms with Crippen LogP contribution in [0.4, 0.5) is 42.5 Å². The van der Waals surface area contributed by atoms with Gasteiger partial charge in [-0.1, -0.05) is 12.1 Å².